The van der Waals surface area contributed by atoms with Crippen molar-refractivity contribution in [2.45, 2.75) is 19.3 Å². The van der Waals surface area contributed by atoms with Gasteiger partial charge in [-0.1, -0.05) is 0 Å². The Morgan fingerprint density at radius 2 is 1.84 bits per heavy atom. The van der Waals surface area contributed by atoms with E-state index in [-0.39, 0.29) is 5.78 Å². The Morgan fingerprint density at radius 1 is 1.16 bits per heavy atom. The van der Waals surface area contributed by atoms with E-state index in [0.29, 0.717) is 12.3 Å². The van der Waals surface area contributed by atoms with E-state index in [1.807, 2.05) is 24.3 Å². The number of morpholine rings is 1. The summed E-state index contributed by atoms with van der Waals surface area (Å²) >= 11 is 5.61. The van der Waals surface area contributed by atoms with E-state index in [4.69, 9.17) is 16.3 Å². The summed E-state index contributed by atoms with van der Waals surface area (Å²) in [6.07, 6.45) is 2.36. The number of nitrogens with zero attached hydrogens (tertiary/aromatic N) is 1. The zero-order valence-corrected chi connectivity index (χ0v) is 11.9. The Balaban J connectivity index is 1.91. The van der Waals surface area contributed by atoms with Gasteiger partial charge in [0.05, 0.1) is 13.2 Å². The lowest BCUT2D eigenvalue weighted by Gasteiger charge is -2.28. The Labute approximate surface area is 119 Å². The molecular formula is C15H20ClNO2. The van der Waals surface area contributed by atoms with Crippen LogP contribution in [0.2, 0.25) is 0 Å². The first-order chi connectivity index (χ1) is 9.31. The van der Waals surface area contributed by atoms with E-state index in [1.165, 1.54) is 5.69 Å². The van der Waals surface area contributed by atoms with Gasteiger partial charge < -0.3 is 9.64 Å². The fourth-order valence-electron chi connectivity index (χ4n) is 2.20. The number of anilines is 1. The second kappa shape index (κ2) is 7.51. The third-order valence-corrected chi connectivity index (χ3v) is 3.62. The molecule has 0 saturated carbocycles. The van der Waals surface area contributed by atoms with Crippen molar-refractivity contribution in [3.63, 3.8) is 0 Å². The molecule has 4 heteroatoms. The van der Waals surface area contributed by atoms with Gasteiger partial charge in [-0.05, 0) is 37.1 Å². The number of hydrogen-bond donors (Lipinski definition) is 0. The van der Waals surface area contributed by atoms with E-state index >= 15 is 0 Å². The molecule has 1 aromatic carbocycles. The first kappa shape index (κ1) is 14.4. The summed E-state index contributed by atoms with van der Waals surface area (Å²) in [7, 11) is 0. The SMILES string of the molecule is O=C(CCCCCl)c1ccc(N2CCOCC2)cc1. The lowest BCUT2D eigenvalue weighted by Crippen LogP contribution is -2.36. The molecule has 19 heavy (non-hydrogen) atoms. The van der Waals surface area contributed by atoms with Gasteiger partial charge in [0.25, 0.3) is 0 Å². The van der Waals surface area contributed by atoms with Crippen LogP contribution < -0.4 is 4.90 Å². The zero-order valence-electron chi connectivity index (χ0n) is 11.1. The van der Waals surface area contributed by atoms with Gasteiger partial charge in [-0.2, -0.15) is 0 Å². The average molecular weight is 282 g/mol. The number of rotatable bonds is 6. The maximum absolute atomic E-state index is 11.9. The van der Waals surface area contributed by atoms with E-state index in [1.54, 1.807) is 0 Å². The highest BCUT2D eigenvalue weighted by Crippen LogP contribution is 2.18. The van der Waals surface area contributed by atoms with Gasteiger partial charge in [0.1, 0.15) is 0 Å². The van der Waals surface area contributed by atoms with Crippen LogP contribution in [0.4, 0.5) is 5.69 Å². The number of halogens is 1. The van der Waals surface area contributed by atoms with Gasteiger partial charge in [-0.25, -0.2) is 0 Å². The molecule has 104 valence electrons. The Kier molecular flexibility index (Phi) is 5.67. The van der Waals surface area contributed by atoms with Crippen molar-refractivity contribution in [2.75, 3.05) is 37.1 Å². The Bertz CT molecular complexity index is 399. The molecular weight excluding hydrogens is 262 g/mol. The maximum Gasteiger partial charge on any atom is 0.162 e. The summed E-state index contributed by atoms with van der Waals surface area (Å²) in [4.78, 5) is 14.2. The predicted octanol–water partition coefficient (Wildman–Crippen LogP) is 3.12. The molecule has 0 bridgehead atoms. The van der Waals surface area contributed by atoms with Crippen LogP contribution in [0.3, 0.4) is 0 Å². The quantitative estimate of drug-likeness (QED) is 0.456. The molecule has 0 radical (unpaired) electrons. The zero-order chi connectivity index (χ0) is 13.5. The topological polar surface area (TPSA) is 29.5 Å². The fourth-order valence-corrected chi connectivity index (χ4v) is 2.39. The van der Waals surface area contributed by atoms with Crippen molar-refractivity contribution in [1.82, 2.24) is 0 Å². The molecule has 1 fully saturated rings. The predicted molar refractivity (Wildman–Crippen MR) is 78.4 cm³/mol. The van der Waals surface area contributed by atoms with E-state index in [2.05, 4.69) is 4.90 Å². The molecule has 1 aliphatic heterocycles. The van der Waals surface area contributed by atoms with Crippen LogP contribution in [-0.2, 0) is 4.74 Å². The molecule has 3 nitrogen and oxygen atoms in total. The highest BCUT2D eigenvalue weighted by molar-refractivity contribution is 6.17. The molecule has 0 N–H and O–H groups in total. The number of carbonyl (C=O) groups is 1. The van der Waals surface area contributed by atoms with Crippen molar-refractivity contribution in [2.24, 2.45) is 0 Å². The molecule has 1 aromatic rings. The fraction of sp³-hybridized carbons (Fsp3) is 0.533. The molecule has 1 saturated heterocycles. The molecule has 1 heterocycles. The van der Waals surface area contributed by atoms with Crippen molar-refractivity contribution in [1.29, 1.82) is 0 Å². The number of unbranched alkanes of at least 4 members (excludes halogenated alkanes) is 1. The van der Waals surface area contributed by atoms with Crippen LogP contribution in [0.1, 0.15) is 29.6 Å². The van der Waals surface area contributed by atoms with Crippen molar-refractivity contribution in [3.8, 4) is 0 Å². The molecule has 0 unspecified atom stereocenters. The van der Waals surface area contributed by atoms with Crippen LogP contribution in [0.5, 0.6) is 0 Å². The highest BCUT2D eigenvalue weighted by atomic mass is 35.5. The minimum atomic E-state index is 0.207. The number of Topliss-reactive ketones (excluding diaryl/α,β-unsaturated/α-hetero) is 1. The third kappa shape index (κ3) is 4.22. The van der Waals surface area contributed by atoms with Gasteiger partial charge in [-0.15, -0.1) is 11.6 Å². The monoisotopic (exact) mass is 281 g/mol. The summed E-state index contributed by atoms with van der Waals surface area (Å²) in [5.74, 6) is 0.835. The molecule has 0 spiro atoms. The van der Waals surface area contributed by atoms with E-state index in [9.17, 15) is 4.79 Å². The first-order valence-corrected chi connectivity index (χ1v) is 7.36. The van der Waals surface area contributed by atoms with Crippen LogP contribution in [0.15, 0.2) is 24.3 Å². The molecule has 0 aliphatic carbocycles. The minimum Gasteiger partial charge on any atom is -0.378 e. The van der Waals surface area contributed by atoms with E-state index < -0.39 is 0 Å². The van der Waals surface area contributed by atoms with Gasteiger partial charge in [-0.3, -0.25) is 4.79 Å². The molecule has 2 rings (SSSR count). The lowest BCUT2D eigenvalue weighted by molar-refractivity contribution is 0.0980. The maximum atomic E-state index is 11.9. The summed E-state index contributed by atoms with van der Waals surface area (Å²) in [6, 6.07) is 7.90. The van der Waals surface area contributed by atoms with Gasteiger partial charge in [0.2, 0.25) is 0 Å². The average Bonchev–Trinajstić information content (AvgIpc) is 2.48. The second-order valence-corrected chi connectivity index (χ2v) is 5.09. The molecule has 1 aliphatic rings. The Hall–Kier alpha value is -1.06. The molecule has 0 atom stereocenters. The van der Waals surface area contributed by atoms with Gasteiger partial charge >= 0.3 is 0 Å². The molecule has 0 amide bonds. The Morgan fingerprint density at radius 3 is 2.47 bits per heavy atom. The van der Waals surface area contributed by atoms with E-state index in [0.717, 1.165) is 44.7 Å². The molecule has 0 aromatic heterocycles. The van der Waals surface area contributed by atoms with Crippen LogP contribution >= 0.6 is 11.6 Å². The van der Waals surface area contributed by atoms with Crippen LogP contribution in [0.25, 0.3) is 0 Å². The minimum absolute atomic E-state index is 0.207. The van der Waals surface area contributed by atoms with Crippen LogP contribution in [0, 0.1) is 0 Å². The van der Waals surface area contributed by atoms with Crippen molar-refractivity contribution >= 4 is 23.1 Å². The summed E-state index contributed by atoms with van der Waals surface area (Å²) in [5, 5.41) is 0. The van der Waals surface area contributed by atoms with Gasteiger partial charge in [0.15, 0.2) is 5.78 Å². The summed E-state index contributed by atoms with van der Waals surface area (Å²) in [6.45, 7) is 3.39. The van der Waals surface area contributed by atoms with Crippen molar-refractivity contribution < 1.29 is 9.53 Å². The third-order valence-electron chi connectivity index (χ3n) is 3.35. The summed E-state index contributed by atoms with van der Waals surface area (Å²) in [5.41, 5.74) is 1.96. The number of hydrogen-bond acceptors (Lipinski definition) is 3. The number of ketones is 1. The number of benzene rings is 1. The number of ether oxygens (including phenoxy) is 1. The smallest absolute Gasteiger partial charge is 0.162 e. The first-order valence-electron chi connectivity index (χ1n) is 6.83. The summed E-state index contributed by atoms with van der Waals surface area (Å²) < 4.78 is 5.33. The normalized spacial score (nSPS) is 15.5. The standard InChI is InChI=1S/C15H20ClNO2/c16-8-2-1-3-15(18)13-4-6-14(7-5-13)17-9-11-19-12-10-17/h4-7H,1-3,8-12H2. The van der Waals surface area contributed by atoms with Crippen LogP contribution in [-0.4, -0.2) is 38.0 Å². The lowest BCUT2D eigenvalue weighted by atomic mass is 10.1. The second-order valence-electron chi connectivity index (χ2n) is 4.72. The number of alkyl halides is 1. The van der Waals surface area contributed by atoms with Gasteiger partial charge in [0, 0.05) is 36.6 Å². The number of carbonyl (C=O) groups excluding carboxylic acids is 1. The highest BCUT2D eigenvalue weighted by Gasteiger charge is 2.12. The largest absolute Gasteiger partial charge is 0.378 e. The van der Waals surface area contributed by atoms with Crippen molar-refractivity contribution in [3.05, 3.63) is 29.8 Å².